The summed E-state index contributed by atoms with van der Waals surface area (Å²) >= 11 is 3.28. The molecular weight excluding hydrogens is 350 g/mol. The number of hydrogen-bond donors (Lipinski definition) is 2. The molecule has 1 aromatic rings. The molecule has 1 unspecified atom stereocenters. The van der Waals surface area contributed by atoms with E-state index in [9.17, 15) is 14.4 Å². The molecule has 7 heteroatoms. The van der Waals surface area contributed by atoms with Gasteiger partial charge in [0.05, 0.1) is 11.1 Å². The second kappa shape index (κ2) is 6.18. The molecule has 3 amide bonds. The Bertz CT molecular complexity index is 641. The Morgan fingerprint density at radius 3 is 2.82 bits per heavy atom. The topological polar surface area (TPSA) is 78.5 Å². The van der Waals surface area contributed by atoms with Crippen molar-refractivity contribution in [1.29, 1.82) is 0 Å². The van der Waals surface area contributed by atoms with E-state index in [4.69, 9.17) is 0 Å². The van der Waals surface area contributed by atoms with Gasteiger partial charge in [0.1, 0.15) is 6.54 Å². The number of imide groups is 1. The predicted octanol–water partition coefficient (Wildman–Crippen LogP) is 0.913. The SMILES string of the molecule is O=C(CN1C(=O)c2ccc(Br)cc2C1=O)NCC1CCCN1. The molecule has 2 aliphatic rings. The maximum absolute atomic E-state index is 12.2. The van der Waals surface area contributed by atoms with Crippen LogP contribution < -0.4 is 10.6 Å². The van der Waals surface area contributed by atoms with Gasteiger partial charge in [0, 0.05) is 17.1 Å². The first-order chi connectivity index (χ1) is 10.6. The van der Waals surface area contributed by atoms with Gasteiger partial charge in [-0.15, -0.1) is 0 Å². The Hall–Kier alpha value is -1.73. The van der Waals surface area contributed by atoms with Gasteiger partial charge < -0.3 is 10.6 Å². The number of nitrogens with one attached hydrogen (secondary N) is 2. The van der Waals surface area contributed by atoms with Crippen molar-refractivity contribution in [2.75, 3.05) is 19.6 Å². The molecule has 2 heterocycles. The minimum Gasteiger partial charge on any atom is -0.353 e. The van der Waals surface area contributed by atoms with Crippen molar-refractivity contribution in [2.24, 2.45) is 0 Å². The number of benzene rings is 1. The van der Waals surface area contributed by atoms with Gasteiger partial charge in [0.25, 0.3) is 11.8 Å². The maximum atomic E-state index is 12.2. The molecule has 3 rings (SSSR count). The monoisotopic (exact) mass is 365 g/mol. The van der Waals surface area contributed by atoms with Crippen molar-refractivity contribution in [3.63, 3.8) is 0 Å². The van der Waals surface area contributed by atoms with Crippen LogP contribution in [-0.2, 0) is 4.79 Å². The number of amides is 3. The average Bonchev–Trinajstić information content (AvgIpc) is 3.09. The van der Waals surface area contributed by atoms with Gasteiger partial charge in [-0.2, -0.15) is 0 Å². The molecule has 1 saturated heterocycles. The first-order valence-electron chi connectivity index (χ1n) is 7.22. The van der Waals surface area contributed by atoms with Crippen LogP contribution in [0.25, 0.3) is 0 Å². The lowest BCUT2D eigenvalue weighted by Crippen LogP contribution is -2.44. The summed E-state index contributed by atoms with van der Waals surface area (Å²) in [6.45, 7) is 1.25. The quantitative estimate of drug-likeness (QED) is 0.777. The first-order valence-corrected chi connectivity index (χ1v) is 8.01. The highest BCUT2D eigenvalue weighted by Gasteiger charge is 2.36. The van der Waals surface area contributed by atoms with Crippen LogP contribution in [0, 0.1) is 0 Å². The normalized spacial score (nSPS) is 20.4. The Balaban J connectivity index is 1.62. The van der Waals surface area contributed by atoms with E-state index in [2.05, 4.69) is 26.6 Å². The van der Waals surface area contributed by atoms with Gasteiger partial charge >= 0.3 is 0 Å². The number of carbonyl (C=O) groups is 3. The Labute approximate surface area is 136 Å². The Morgan fingerprint density at radius 1 is 1.32 bits per heavy atom. The van der Waals surface area contributed by atoms with Crippen LogP contribution in [-0.4, -0.2) is 48.3 Å². The molecule has 2 aliphatic heterocycles. The van der Waals surface area contributed by atoms with Gasteiger partial charge in [-0.1, -0.05) is 15.9 Å². The minimum atomic E-state index is -0.421. The van der Waals surface area contributed by atoms with E-state index in [1.165, 1.54) is 0 Å². The van der Waals surface area contributed by atoms with E-state index >= 15 is 0 Å². The molecule has 6 nitrogen and oxygen atoms in total. The van der Waals surface area contributed by atoms with E-state index in [1.54, 1.807) is 18.2 Å². The number of halogens is 1. The zero-order valence-corrected chi connectivity index (χ0v) is 13.5. The van der Waals surface area contributed by atoms with E-state index in [1.807, 2.05) is 0 Å². The van der Waals surface area contributed by atoms with Crippen LogP contribution in [0.15, 0.2) is 22.7 Å². The van der Waals surface area contributed by atoms with Crippen molar-refractivity contribution in [3.8, 4) is 0 Å². The van der Waals surface area contributed by atoms with E-state index in [0.29, 0.717) is 17.7 Å². The number of rotatable bonds is 4. The maximum Gasteiger partial charge on any atom is 0.262 e. The summed E-state index contributed by atoms with van der Waals surface area (Å²) in [4.78, 5) is 37.4. The summed E-state index contributed by atoms with van der Waals surface area (Å²) in [6.07, 6.45) is 2.13. The van der Waals surface area contributed by atoms with Crippen molar-refractivity contribution >= 4 is 33.7 Å². The third-order valence-electron chi connectivity index (χ3n) is 3.94. The number of nitrogens with zero attached hydrogens (tertiary/aromatic N) is 1. The lowest BCUT2D eigenvalue weighted by atomic mass is 10.1. The number of hydrogen-bond acceptors (Lipinski definition) is 4. The van der Waals surface area contributed by atoms with Crippen molar-refractivity contribution in [2.45, 2.75) is 18.9 Å². The summed E-state index contributed by atoms with van der Waals surface area (Å²) in [6, 6.07) is 5.19. The van der Waals surface area contributed by atoms with Gasteiger partial charge in [-0.05, 0) is 37.6 Å². The summed E-state index contributed by atoms with van der Waals surface area (Å²) in [5.41, 5.74) is 0.683. The lowest BCUT2D eigenvalue weighted by Gasteiger charge is -2.15. The second-order valence-electron chi connectivity index (χ2n) is 5.48. The third-order valence-corrected chi connectivity index (χ3v) is 4.44. The highest BCUT2D eigenvalue weighted by atomic mass is 79.9. The molecule has 0 radical (unpaired) electrons. The molecule has 0 aromatic heterocycles. The third kappa shape index (κ3) is 2.91. The Kier molecular flexibility index (Phi) is 4.26. The van der Waals surface area contributed by atoms with Crippen LogP contribution in [0.1, 0.15) is 33.6 Å². The van der Waals surface area contributed by atoms with E-state index in [0.717, 1.165) is 28.8 Å². The number of carbonyl (C=O) groups excluding carboxylic acids is 3. The van der Waals surface area contributed by atoms with E-state index < -0.39 is 11.8 Å². The molecule has 1 atom stereocenters. The summed E-state index contributed by atoms with van der Waals surface area (Å²) in [5.74, 6) is -1.15. The molecular formula is C15H16BrN3O3. The van der Waals surface area contributed by atoms with Crippen LogP contribution >= 0.6 is 15.9 Å². The largest absolute Gasteiger partial charge is 0.353 e. The summed E-state index contributed by atoms with van der Waals surface area (Å²) < 4.78 is 0.728. The number of fused-ring (bicyclic) bond motifs is 1. The Morgan fingerprint density at radius 2 is 2.09 bits per heavy atom. The van der Waals surface area contributed by atoms with Crippen molar-refractivity contribution in [3.05, 3.63) is 33.8 Å². The summed E-state index contributed by atoms with van der Waals surface area (Å²) in [5, 5.41) is 6.05. The molecule has 22 heavy (non-hydrogen) atoms. The highest BCUT2D eigenvalue weighted by molar-refractivity contribution is 9.10. The fourth-order valence-electron chi connectivity index (χ4n) is 2.77. The first kappa shape index (κ1) is 15.2. The van der Waals surface area contributed by atoms with Crippen LogP contribution in [0.2, 0.25) is 0 Å². The zero-order chi connectivity index (χ0) is 15.7. The predicted molar refractivity (Wildman–Crippen MR) is 83.5 cm³/mol. The molecule has 0 aliphatic carbocycles. The fourth-order valence-corrected chi connectivity index (χ4v) is 3.14. The van der Waals surface area contributed by atoms with Crippen LogP contribution in [0.3, 0.4) is 0 Å². The summed E-state index contributed by atoms with van der Waals surface area (Å²) in [7, 11) is 0. The fraction of sp³-hybridized carbons (Fsp3) is 0.400. The standard InChI is InChI=1S/C15H16BrN3O3/c16-9-3-4-11-12(6-9)15(22)19(14(11)21)8-13(20)18-7-10-2-1-5-17-10/h3-4,6,10,17H,1-2,5,7-8H2,(H,18,20). The molecule has 2 N–H and O–H groups in total. The molecule has 0 bridgehead atoms. The van der Waals surface area contributed by atoms with Crippen LogP contribution in [0.4, 0.5) is 0 Å². The van der Waals surface area contributed by atoms with Gasteiger partial charge in [0.2, 0.25) is 5.91 Å². The molecule has 0 spiro atoms. The smallest absolute Gasteiger partial charge is 0.262 e. The molecule has 0 saturated carbocycles. The van der Waals surface area contributed by atoms with Crippen molar-refractivity contribution in [1.82, 2.24) is 15.5 Å². The zero-order valence-electron chi connectivity index (χ0n) is 11.9. The second-order valence-corrected chi connectivity index (χ2v) is 6.40. The van der Waals surface area contributed by atoms with Gasteiger partial charge in [0.15, 0.2) is 0 Å². The van der Waals surface area contributed by atoms with E-state index in [-0.39, 0.29) is 18.5 Å². The lowest BCUT2D eigenvalue weighted by molar-refractivity contribution is -0.121. The highest BCUT2D eigenvalue weighted by Crippen LogP contribution is 2.25. The molecule has 1 fully saturated rings. The molecule has 1 aromatic carbocycles. The minimum absolute atomic E-state index is 0.239. The molecule has 116 valence electrons. The average molecular weight is 366 g/mol. The van der Waals surface area contributed by atoms with Gasteiger partial charge in [-0.25, -0.2) is 0 Å². The van der Waals surface area contributed by atoms with Gasteiger partial charge in [-0.3, -0.25) is 19.3 Å². The van der Waals surface area contributed by atoms with Crippen LogP contribution in [0.5, 0.6) is 0 Å². The van der Waals surface area contributed by atoms with Crippen molar-refractivity contribution < 1.29 is 14.4 Å².